The van der Waals surface area contributed by atoms with Crippen LogP contribution in [0.15, 0.2) is 30.3 Å². The topological polar surface area (TPSA) is 47.1 Å². The molecule has 1 aromatic rings. The third-order valence-electron chi connectivity index (χ3n) is 6.61. The highest BCUT2D eigenvalue weighted by Crippen LogP contribution is 2.25. The van der Waals surface area contributed by atoms with E-state index in [9.17, 15) is 9.59 Å². The van der Waals surface area contributed by atoms with E-state index in [2.05, 4.69) is 9.80 Å². The zero-order valence-corrected chi connectivity index (χ0v) is 18.3. The first-order valence-electron chi connectivity index (χ1n) is 11.1. The molecule has 3 fully saturated rings. The molecule has 0 spiro atoms. The summed E-state index contributed by atoms with van der Waals surface area (Å²) >= 11 is 6.14. The summed E-state index contributed by atoms with van der Waals surface area (Å²) in [6, 6.07) is 8.24. The van der Waals surface area contributed by atoms with Gasteiger partial charge in [0.05, 0.1) is 6.54 Å². The van der Waals surface area contributed by atoms with Crippen molar-refractivity contribution in [3.8, 4) is 0 Å². The van der Waals surface area contributed by atoms with Crippen LogP contribution < -0.4 is 0 Å². The van der Waals surface area contributed by atoms with Crippen LogP contribution in [0.3, 0.4) is 0 Å². The van der Waals surface area contributed by atoms with Crippen molar-refractivity contribution in [3.05, 3.63) is 40.9 Å². The molecule has 3 aliphatic rings. The Morgan fingerprint density at radius 1 is 0.933 bits per heavy atom. The summed E-state index contributed by atoms with van der Waals surface area (Å²) in [5, 5.41) is 0.637. The van der Waals surface area contributed by atoms with Crippen molar-refractivity contribution in [1.29, 1.82) is 0 Å². The van der Waals surface area contributed by atoms with Gasteiger partial charge >= 0.3 is 0 Å². The van der Waals surface area contributed by atoms with E-state index in [1.165, 1.54) is 19.3 Å². The lowest BCUT2D eigenvalue weighted by Gasteiger charge is -2.43. The SMILES string of the molecule is O=C(C=Cc1ccccc1Cl)N1CCN(CC(=O)N2CCN(C3CCC3)CC2)CC1. The molecule has 4 rings (SSSR count). The molecular weight excluding hydrogens is 400 g/mol. The number of carbonyl (C=O) groups excluding carboxylic acids is 2. The molecule has 0 N–H and O–H groups in total. The second-order valence-corrected chi connectivity index (χ2v) is 8.86. The maximum atomic E-state index is 12.7. The van der Waals surface area contributed by atoms with E-state index in [0.717, 1.165) is 50.9 Å². The van der Waals surface area contributed by atoms with Gasteiger partial charge in [-0.3, -0.25) is 19.4 Å². The molecule has 2 aliphatic heterocycles. The first-order chi connectivity index (χ1) is 14.6. The number of hydrogen-bond acceptors (Lipinski definition) is 4. The molecule has 1 aromatic carbocycles. The fourth-order valence-corrected chi connectivity index (χ4v) is 4.58. The maximum absolute atomic E-state index is 12.7. The van der Waals surface area contributed by atoms with Crippen molar-refractivity contribution in [1.82, 2.24) is 19.6 Å². The van der Waals surface area contributed by atoms with E-state index < -0.39 is 0 Å². The normalized spacial score (nSPS) is 21.8. The fourth-order valence-electron chi connectivity index (χ4n) is 4.38. The molecule has 0 radical (unpaired) electrons. The third-order valence-corrected chi connectivity index (χ3v) is 6.96. The summed E-state index contributed by atoms with van der Waals surface area (Å²) in [5.74, 6) is 0.217. The molecule has 6 nitrogen and oxygen atoms in total. The monoisotopic (exact) mass is 430 g/mol. The third kappa shape index (κ3) is 5.23. The van der Waals surface area contributed by atoms with Crippen molar-refractivity contribution in [2.45, 2.75) is 25.3 Å². The molecule has 0 atom stereocenters. The Morgan fingerprint density at radius 2 is 1.60 bits per heavy atom. The number of nitrogens with zero attached hydrogens (tertiary/aromatic N) is 4. The summed E-state index contributed by atoms with van der Waals surface area (Å²) in [7, 11) is 0. The van der Waals surface area contributed by atoms with Gasteiger partial charge in [-0.05, 0) is 30.5 Å². The smallest absolute Gasteiger partial charge is 0.246 e. The molecule has 0 unspecified atom stereocenters. The van der Waals surface area contributed by atoms with Crippen LogP contribution in [-0.2, 0) is 9.59 Å². The Hall–Kier alpha value is -1.89. The second kappa shape index (κ2) is 9.94. The zero-order valence-electron chi connectivity index (χ0n) is 17.5. The number of amides is 2. The van der Waals surface area contributed by atoms with Crippen LogP contribution in [0.5, 0.6) is 0 Å². The quantitative estimate of drug-likeness (QED) is 0.672. The lowest BCUT2D eigenvalue weighted by molar-refractivity contribution is -0.135. The van der Waals surface area contributed by atoms with E-state index in [-0.39, 0.29) is 11.8 Å². The number of carbonyl (C=O) groups is 2. The predicted octanol–water partition coefficient (Wildman–Crippen LogP) is 2.19. The number of rotatable bonds is 5. The second-order valence-electron chi connectivity index (χ2n) is 8.46. The van der Waals surface area contributed by atoms with E-state index in [0.29, 0.717) is 24.7 Å². The summed E-state index contributed by atoms with van der Waals surface area (Å²) in [5.41, 5.74) is 0.842. The molecule has 7 heteroatoms. The average Bonchev–Trinajstić information content (AvgIpc) is 2.73. The number of piperazine rings is 2. The number of halogens is 1. The minimum absolute atomic E-state index is 0.00647. The molecule has 0 aromatic heterocycles. The van der Waals surface area contributed by atoms with E-state index >= 15 is 0 Å². The van der Waals surface area contributed by atoms with Gasteiger partial charge < -0.3 is 9.80 Å². The first-order valence-corrected chi connectivity index (χ1v) is 11.4. The molecule has 2 heterocycles. The van der Waals surface area contributed by atoms with Crippen LogP contribution in [0, 0.1) is 0 Å². The van der Waals surface area contributed by atoms with Gasteiger partial charge in [-0.15, -0.1) is 0 Å². The lowest BCUT2D eigenvalue weighted by atomic mass is 9.91. The minimum atomic E-state index is -0.00647. The van der Waals surface area contributed by atoms with Gasteiger partial charge in [0, 0.05) is 69.5 Å². The van der Waals surface area contributed by atoms with Gasteiger partial charge in [-0.1, -0.05) is 36.2 Å². The average molecular weight is 431 g/mol. The molecule has 2 saturated heterocycles. The maximum Gasteiger partial charge on any atom is 0.246 e. The molecule has 2 amide bonds. The van der Waals surface area contributed by atoms with Gasteiger partial charge in [-0.25, -0.2) is 0 Å². The van der Waals surface area contributed by atoms with Gasteiger partial charge in [0.15, 0.2) is 0 Å². The van der Waals surface area contributed by atoms with Gasteiger partial charge in [-0.2, -0.15) is 0 Å². The predicted molar refractivity (Wildman–Crippen MR) is 119 cm³/mol. The van der Waals surface area contributed by atoms with Crippen LogP contribution in [0.1, 0.15) is 24.8 Å². The van der Waals surface area contributed by atoms with Crippen molar-refractivity contribution >= 4 is 29.5 Å². The zero-order chi connectivity index (χ0) is 20.9. The fraction of sp³-hybridized carbons (Fsp3) is 0.565. The van der Waals surface area contributed by atoms with Gasteiger partial charge in [0.2, 0.25) is 11.8 Å². The molecule has 1 saturated carbocycles. The minimum Gasteiger partial charge on any atom is -0.339 e. The van der Waals surface area contributed by atoms with Crippen molar-refractivity contribution in [3.63, 3.8) is 0 Å². The summed E-state index contributed by atoms with van der Waals surface area (Å²) < 4.78 is 0. The summed E-state index contributed by atoms with van der Waals surface area (Å²) in [6.07, 6.45) is 7.36. The lowest BCUT2D eigenvalue weighted by Crippen LogP contribution is -2.56. The van der Waals surface area contributed by atoms with Crippen molar-refractivity contribution in [2.75, 3.05) is 58.9 Å². The van der Waals surface area contributed by atoms with Crippen LogP contribution in [0.2, 0.25) is 5.02 Å². The highest BCUT2D eigenvalue weighted by molar-refractivity contribution is 6.32. The number of benzene rings is 1. The van der Waals surface area contributed by atoms with Crippen LogP contribution >= 0.6 is 11.6 Å². The number of hydrogen-bond donors (Lipinski definition) is 0. The standard InChI is InChI=1S/C23H31ClN4O2/c24-21-7-2-1-4-19(21)8-9-22(29)27-12-10-25(11-13-27)18-23(30)28-16-14-26(15-17-28)20-5-3-6-20/h1-2,4,7-9,20H,3,5-6,10-18H2. The summed E-state index contributed by atoms with van der Waals surface area (Å²) in [4.78, 5) is 33.7. The highest BCUT2D eigenvalue weighted by atomic mass is 35.5. The van der Waals surface area contributed by atoms with E-state index in [4.69, 9.17) is 11.6 Å². The summed E-state index contributed by atoms with van der Waals surface area (Å²) in [6.45, 7) is 6.94. The van der Waals surface area contributed by atoms with E-state index in [1.807, 2.05) is 34.1 Å². The highest BCUT2D eigenvalue weighted by Gasteiger charge is 2.30. The Kier molecular flexibility index (Phi) is 7.08. The molecule has 30 heavy (non-hydrogen) atoms. The van der Waals surface area contributed by atoms with Gasteiger partial charge in [0.1, 0.15) is 0 Å². The Bertz CT molecular complexity index is 779. The molecular formula is C23H31ClN4O2. The molecule has 162 valence electrons. The van der Waals surface area contributed by atoms with Crippen LogP contribution in [-0.4, -0.2) is 96.4 Å². The molecule has 1 aliphatic carbocycles. The Balaban J connectivity index is 1.18. The van der Waals surface area contributed by atoms with Crippen LogP contribution in [0.25, 0.3) is 6.08 Å². The van der Waals surface area contributed by atoms with Gasteiger partial charge in [0.25, 0.3) is 0 Å². The Labute approximate surface area is 184 Å². The van der Waals surface area contributed by atoms with Crippen molar-refractivity contribution in [2.24, 2.45) is 0 Å². The largest absolute Gasteiger partial charge is 0.339 e. The molecule has 0 bridgehead atoms. The first kappa shape index (κ1) is 21.3. The van der Waals surface area contributed by atoms with E-state index in [1.54, 1.807) is 12.2 Å². The van der Waals surface area contributed by atoms with Crippen molar-refractivity contribution < 1.29 is 9.59 Å². The Morgan fingerprint density at radius 3 is 2.23 bits per heavy atom. The van der Waals surface area contributed by atoms with Crippen LogP contribution in [0.4, 0.5) is 0 Å².